The third-order valence-corrected chi connectivity index (χ3v) is 5.99. The van der Waals surface area contributed by atoms with Gasteiger partial charge in [-0.1, -0.05) is 34.5 Å². The summed E-state index contributed by atoms with van der Waals surface area (Å²) in [5, 5.41) is 4.28. The molecular formula is C25H21F2N3O4. The Labute approximate surface area is 192 Å². The Kier molecular flexibility index (Phi) is 5.93. The molecule has 2 aromatic heterocycles. The van der Waals surface area contributed by atoms with Crippen LogP contribution in [0.5, 0.6) is 0 Å². The van der Waals surface area contributed by atoms with Crippen molar-refractivity contribution in [1.29, 1.82) is 0 Å². The normalized spacial score (nSPS) is 14.6. The molecule has 0 spiro atoms. The van der Waals surface area contributed by atoms with Gasteiger partial charge in [-0.3, -0.25) is 0 Å². The fourth-order valence-corrected chi connectivity index (χ4v) is 4.18. The molecule has 34 heavy (non-hydrogen) atoms. The number of benzene rings is 2. The van der Waals surface area contributed by atoms with Crippen LogP contribution >= 0.6 is 0 Å². The number of hydrogen-bond donors (Lipinski definition) is 0. The van der Waals surface area contributed by atoms with Crippen molar-refractivity contribution in [3.63, 3.8) is 0 Å². The van der Waals surface area contributed by atoms with Gasteiger partial charge in [0.15, 0.2) is 0 Å². The molecule has 0 saturated carbocycles. The molecular weight excluding hydrogens is 444 g/mol. The Bertz CT molecular complexity index is 1470. The first kappa shape index (κ1) is 22.0. The van der Waals surface area contributed by atoms with Crippen LogP contribution < -0.4 is 11.3 Å². The van der Waals surface area contributed by atoms with Crippen LogP contribution in [0.1, 0.15) is 24.0 Å². The SMILES string of the molecule is O=c1oc2c(CCN3CCC(=Cc4ccccc4F)CC3)c(-c3ccc(F)cc3)nn2oc1=O. The van der Waals surface area contributed by atoms with E-state index >= 15 is 0 Å². The summed E-state index contributed by atoms with van der Waals surface area (Å²) >= 11 is 0. The Morgan fingerprint density at radius 3 is 2.44 bits per heavy atom. The average molecular weight is 465 g/mol. The van der Waals surface area contributed by atoms with E-state index in [4.69, 9.17) is 8.94 Å². The lowest BCUT2D eigenvalue weighted by atomic mass is 10.00. The summed E-state index contributed by atoms with van der Waals surface area (Å²) < 4.78 is 38.4. The second-order valence-corrected chi connectivity index (χ2v) is 8.20. The summed E-state index contributed by atoms with van der Waals surface area (Å²) in [4.78, 5) is 25.6. The van der Waals surface area contributed by atoms with Crippen molar-refractivity contribution in [2.75, 3.05) is 19.6 Å². The lowest BCUT2D eigenvalue weighted by molar-refractivity contribution is 0.248. The number of fused-ring (bicyclic) bond motifs is 1. The number of aromatic nitrogens is 2. The zero-order chi connectivity index (χ0) is 23.7. The first-order valence-electron chi connectivity index (χ1n) is 11.0. The minimum atomic E-state index is -1.16. The quantitative estimate of drug-likeness (QED) is 0.416. The molecule has 0 atom stereocenters. The van der Waals surface area contributed by atoms with Gasteiger partial charge in [0.1, 0.15) is 17.3 Å². The molecule has 0 N–H and O–H groups in total. The van der Waals surface area contributed by atoms with E-state index in [0.717, 1.165) is 30.6 Å². The van der Waals surface area contributed by atoms with Gasteiger partial charge in [0, 0.05) is 36.3 Å². The topological polar surface area (TPSA) is 81.0 Å². The lowest BCUT2D eigenvalue weighted by Gasteiger charge is -2.28. The minimum absolute atomic E-state index is 0.0565. The summed E-state index contributed by atoms with van der Waals surface area (Å²) in [6, 6.07) is 12.5. The maximum atomic E-state index is 13.9. The third kappa shape index (κ3) is 4.47. The van der Waals surface area contributed by atoms with E-state index in [1.807, 2.05) is 12.1 Å². The van der Waals surface area contributed by atoms with E-state index in [9.17, 15) is 18.4 Å². The van der Waals surface area contributed by atoms with Crippen molar-refractivity contribution in [3.8, 4) is 11.3 Å². The molecule has 9 heteroatoms. The molecule has 3 heterocycles. The summed E-state index contributed by atoms with van der Waals surface area (Å²) in [5.74, 6) is -0.619. The third-order valence-electron chi connectivity index (χ3n) is 5.99. The molecule has 4 aromatic rings. The molecule has 174 valence electrons. The van der Waals surface area contributed by atoms with E-state index < -0.39 is 11.3 Å². The van der Waals surface area contributed by atoms with E-state index in [1.165, 1.54) is 23.8 Å². The van der Waals surface area contributed by atoms with Crippen LogP contribution in [-0.2, 0) is 6.42 Å². The number of rotatable bonds is 5. The lowest BCUT2D eigenvalue weighted by Crippen LogP contribution is -2.32. The molecule has 1 fully saturated rings. The molecule has 0 amide bonds. The summed E-state index contributed by atoms with van der Waals surface area (Å²) in [6.07, 6.45) is 4.02. The Morgan fingerprint density at radius 1 is 0.971 bits per heavy atom. The highest BCUT2D eigenvalue weighted by Crippen LogP contribution is 2.27. The average Bonchev–Trinajstić information content (AvgIpc) is 3.18. The molecule has 0 aliphatic carbocycles. The Hall–Kier alpha value is -3.85. The molecule has 5 rings (SSSR count). The maximum Gasteiger partial charge on any atom is 0.443 e. The summed E-state index contributed by atoms with van der Waals surface area (Å²) in [7, 11) is 0. The predicted octanol–water partition coefficient (Wildman–Crippen LogP) is 3.91. The fourth-order valence-electron chi connectivity index (χ4n) is 4.18. The highest BCUT2D eigenvalue weighted by molar-refractivity contribution is 5.69. The van der Waals surface area contributed by atoms with Gasteiger partial charge in [0.05, 0.1) is 0 Å². The second-order valence-electron chi connectivity index (χ2n) is 8.20. The molecule has 1 saturated heterocycles. The number of halogens is 2. The molecule has 0 bridgehead atoms. The number of hydrogen-bond acceptors (Lipinski definition) is 6. The van der Waals surface area contributed by atoms with Crippen molar-refractivity contribution in [1.82, 2.24) is 14.7 Å². The summed E-state index contributed by atoms with van der Waals surface area (Å²) in [5.41, 5.74) is 1.24. The van der Waals surface area contributed by atoms with Crippen LogP contribution in [0.15, 0.2) is 72.6 Å². The monoisotopic (exact) mass is 465 g/mol. The number of likely N-dealkylation sites (tertiary alicyclic amines) is 1. The highest BCUT2D eigenvalue weighted by atomic mass is 19.1. The molecule has 2 aromatic carbocycles. The van der Waals surface area contributed by atoms with Crippen molar-refractivity contribution >= 4 is 11.8 Å². The second kappa shape index (κ2) is 9.18. The van der Waals surface area contributed by atoms with E-state index in [1.54, 1.807) is 24.3 Å². The van der Waals surface area contributed by atoms with Crippen LogP contribution in [0, 0.1) is 11.6 Å². The van der Waals surface area contributed by atoms with Crippen LogP contribution in [0.4, 0.5) is 8.78 Å². The van der Waals surface area contributed by atoms with Crippen molar-refractivity contribution in [3.05, 3.63) is 97.7 Å². The number of nitrogens with zero attached hydrogens (tertiary/aromatic N) is 3. The zero-order valence-electron chi connectivity index (χ0n) is 18.2. The highest BCUT2D eigenvalue weighted by Gasteiger charge is 2.22. The van der Waals surface area contributed by atoms with Gasteiger partial charge in [-0.25, -0.2) is 18.4 Å². The van der Waals surface area contributed by atoms with E-state index in [-0.39, 0.29) is 17.3 Å². The maximum absolute atomic E-state index is 13.9. The van der Waals surface area contributed by atoms with Gasteiger partial charge < -0.3 is 13.8 Å². The molecule has 1 aliphatic heterocycles. The van der Waals surface area contributed by atoms with Gasteiger partial charge in [-0.05, 0) is 49.6 Å². The van der Waals surface area contributed by atoms with E-state index in [0.29, 0.717) is 35.3 Å². The van der Waals surface area contributed by atoms with Gasteiger partial charge in [-0.15, -0.1) is 5.10 Å². The largest absolute Gasteiger partial charge is 0.443 e. The fraction of sp³-hybridized carbons (Fsp3) is 0.240. The smallest absolute Gasteiger partial charge is 0.395 e. The predicted molar refractivity (Wildman–Crippen MR) is 121 cm³/mol. The molecule has 0 radical (unpaired) electrons. The summed E-state index contributed by atoms with van der Waals surface area (Å²) in [6.45, 7) is 2.24. The van der Waals surface area contributed by atoms with Crippen molar-refractivity contribution < 1.29 is 17.7 Å². The van der Waals surface area contributed by atoms with Gasteiger partial charge >= 0.3 is 11.3 Å². The molecule has 0 unspecified atom stereocenters. The van der Waals surface area contributed by atoms with Gasteiger partial charge in [0.25, 0.3) is 5.71 Å². The van der Waals surface area contributed by atoms with Crippen LogP contribution in [0.3, 0.4) is 0 Å². The Balaban J connectivity index is 1.36. The first-order valence-corrected chi connectivity index (χ1v) is 11.0. The van der Waals surface area contributed by atoms with Gasteiger partial charge in [0.2, 0.25) is 0 Å². The van der Waals surface area contributed by atoms with Gasteiger partial charge in [-0.2, -0.15) is 0 Å². The van der Waals surface area contributed by atoms with Crippen molar-refractivity contribution in [2.24, 2.45) is 0 Å². The van der Waals surface area contributed by atoms with E-state index in [2.05, 4.69) is 10.00 Å². The minimum Gasteiger partial charge on any atom is -0.395 e. The Morgan fingerprint density at radius 2 is 1.71 bits per heavy atom. The zero-order valence-corrected chi connectivity index (χ0v) is 18.2. The molecule has 7 nitrogen and oxygen atoms in total. The standard InChI is InChI=1S/C25H21F2N3O4/c26-19-7-5-17(6-8-19)22-20(23-30(28-22)34-25(32)24(31)33-23)11-14-29-12-9-16(10-13-29)15-18-3-1-2-4-21(18)27/h1-8,15H,9-14H2. The first-order chi connectivity index (χ1) is 16.5. The molecule has 1 aliphatic rings. The number of piperidine rings is 1. The van der Waals surface area contributed by atoms with Crippen LogP contribution in [0.2, 0.25) is 0 Å². The van der Waals surface area contributed by atoms with Crippen molar-refractivity contribution in [2.45, 2.75) is 19.3 Å². The van der Waals surface area contributed by atoms with Crippen LogP contribution in [0.25, 0.3) is 23.0 Å². The van der Waals surface area contributed by atoms with Crippen LogP contribution in [-0.4, -0.2) is 34.3 Å².